The maximum absolute atomic E-state index is 4.50. The molecule has 0 amide bonds. The molecular weight excluding hydrogens is 240 g/mol. The summed E-state index contributed by atoms with van der Waals surface area (Å²) in [5.41, 5.74) is 3.90. The van der Waals surface area contributed by atoms with Crippen LogP contribution in [0.1, 0.15) is 16.7 Å². The van der Waals surface area contributed by atoms with Gasteiger partial charge in [-0.15, -0.1) is 11.8 Å². The summed E-state index contributed by atoms with van der Waals surface area (Å²) in [6.07, 6.45) is 1.97. The number of hydrogen-bond donors (Lipinski definition) is 1. The summed E-state index contributed by atoms with van der Waals surface area (Å²) in [6, 6.07) is 12.7. The molecule has 1 N–H and O–H groups in total. The van der Waals surface area contributed by atoms with Crippen molar-refractivity contribution in [3.05, 3.63) is 59.3 Å². The van der Waals surface area contributed by atoms with Crippen molar-refractivity contribution in [3.63, 3.8) is 0 Å². The van der Waals surface area contributed by atoms with Crippen molar-refractivity contribution in [2.24, 2.45) is 0 Å². The molecule has 2 aromatic rings. The molecule has 0 fully saturated rings. The number of thioether (sulfide) groups is 1. The first-order valence-electron chi connectivity index (χ1n) is 6.06. The summed E-state index contributed by atoms with van der Waals surface area (Å²) >= 11 is 1.78. The monoisotopic (exact) mass is 258 g/mol. The van der Waals surface area contributed by atoms with Gasteiger partial charge in [0, 0.05) is 18.5 Å². The molecule has 2 nitrogen and oxygen atoms in total. The first-order valence-corrected chi connectivity index (χ1v) is 7.05. The molecule has 0 aliphatic heterocycles. The normalized spacial score (nSPS) is 10.6. The number of nitrogens with one attached hydrogen (secondary N) is 1. The van der Waals surface area contributed by atoms with Gasteiger partial charge in [0.1, 0.15) is 0 Å². The Kier molecular flexibility index (Phi) is 4.79. The Morgan fingerprint density at radius 2 is 2.00 bits per heavy atom. The molecule has 18 heavy (non-hydrogen) atoms. The van der Waals surface area contributed by atoms with Crippen LogP contribution in [0.15, 0.2) is 47.6 Å². The third-order valence-corrected chi connectivity index (χ3v) is 3.79. The van der Waals surface area contributed by atoms with E-state index in [-0.39, 0.29) is 0 Å². The summed E-state index contributed by atoms with van der Waals surface area (Å²) in [4.78, 5) is 4.50. The highest BCUT2D eigenvalue weighted by Crippen LogP contribution is 2.22. The minimum absolute atomic E-state index is 0.877. The molecule has 1 aromatic carbocycles. The molecule has 3 heteroatoms. The predicted octanol–water partition coefficient (Wildman–Crippen LogP) is 3.40. The van der Waals surface area contributed by atoms with Crippen molar-refractivity contribution in [1.29, 1.82) is 0 Å². The third kappa shape index (κ3) is 3.59. The Hall–Kier alpha value is -1.32. The van der Waals surface area contributed by atoms with Gasteiger partial charge in [-0.3, -0.25) is 0 Å². The lowest BCUT2D eigenvalue weighted by Crippen LogP contribution is -2.07. The predicted molar refractivity (Wildman–Crippen MR) is 77.7 cm³/mol. The summed E-state index contributed by atoms with van der Waals surface area (Å²) in [5.74, 6) is 0.971. The number of rotatable bonds is 5. The van der Waals surface area contributed by atoms with Gasteiger partial charge in [-0.05, 0) is 36.7 Å². The molecule has 0 spiro atoms. The molecule has 0 atom stereocenters. The van der Waals surface area contributed by atoms with Crippen LogP contribution in [0.2, 0.25) is 0 Å². The third-order valence-electron chi connectivity index (χ3n) is 2.79. The Bertz CT molecular complexity index is 497. The quantitative estimate of drug-likeness (QED) is 0.832. The largest absolute Gasteiger partial charge is 0.316 e. The number of hydrogen-bond acceptors (Lipinski definition) is 3. The van der Waals surface area contributed by atoms with Crippen LogP contribution in [0.3, 0.4) is 0 Å². The highest BCUT2D eigenvalue weighted by molar-refractivity contribution is 7.98. The topological polar surface area (TPSA) is 24.9 Å². The zero-order chi connectivity index (χ0) is 12.8. The molecule has 0 bridgehead atoms. The molecule has 2 rings (SSSR count). The second kappa shape index (κ2) is 6.57. The average Bonchev–Trinajstić information content (AvgIpc) is 2.41. The molecular formula is C15H18N2S. The van der Waals surface area contributed by atoms with Gasteiger partial charge in [0.25, 0.3) is 0 Å². The molecule has 0 saturated heterocycles. The molecule has 0 unspecified atom stereocenters. The minimum atomic E-state index is 0.877. The maximum atomic E-state index is 4.50. The molecule has 0 aliphatic rings. The van der Waals surface area contributed by atoms with Gasteiger partial charge in [0.15, 0.2) is 0 Å². The van der Waals surface area contributed by atoms with Gasteiger partial charge >= 0.3 is 0 Å². The molecule has 0 aliphatic carbocycles. The van der Waals surface area contributed by atoms with Crippen molar-refractivity contribution < 1.29 is 0 Å². The van der Waals surface area contributed by atoms with Gasteiger partial charge in [-0.25, -0.2) is 4.98 Å². The van der Waals surface area contributed by atoms with E-state index in [1.54, 1.807) is 11.8 Å². The first kappa shape index (κ1) is 13.1. The summed E-state index contributed by atoms with van der Waals surface area (Å²) in [5, 5.41) is 4.25. The lowest BCUT2D eigenvalue weighted by Gasteiger charge is -2.07. The van der Waals surface area contributed by atoms with Crippen LogP contribution in [0, 0.1) is 6.92 Å². The van der Waals surface area contributed by atoms with Crippen molar-refractivity contribution >= 4 is 11.8 Å². The molecule has 94 valence electrons. The van der Waals surface area contributed by atoms with E-state index in [2.05, 4.69) is 47.6 Å². The summed E-state index contributed by atoms with van der Waals surface area (Å²) in [6.45, 7) is 3.02. The fourth-order valence-corrected chi connectivity index (χ4v) is 2.64. The Balaban J connectivity index is 2.00. The highest BCUT2D eigenvalue weighted by atomic mass is 32.2. The average molecular weight is 258 g/mol. The van der Waals surface area contributed by atoms with Gasteiger partial charge in [0.2, 0.25) is 0 Å². The SMILES string of the molecule is CNCc1cnc(SCc2ccccc2)cc1C. The van der Waals surface area contributed by atoms with E-state index >= 15 is 0 Å². The van der Waals surface area contributed by atoms with E-state index in [0.29, 0.717) is 0 Å². The smallest absolute Gasteiger partial charge is 0.0965 e. The maximum Gasteiger partial charge on any atom is 0.0965 e. The van der Waals surface area contributed by atoms with E-state index in [0.717, 1.165) is 17.3 Å². The Morgan fingerprint density at radius 1 is 1.22 bits per heavy atom. The van der Waals surface area contributed by atoms with Gasteiger partial charge in [-0.1, -0.05) is 30.3 Å². The Morgan fingerprint density at radius 3 is 2.67 bits per heavy atom. The van der Waals surface area contributed by atoms with Gasteiger partial charge in [0.05, 0.1) is 5.03 Å². The second-order valence-corrected chi connectivity index (χ2v) is 5.25. The summed E-state index contributed by atoms with van der Waals surface area (Å²) < 4.78 is 0. The van der Waals surface area contributed by atoms with Crippen molar-refractivity contribution in [1.82, 2.24) is 10.3 Å². The van der Waals surface area contributed by atoms with Crippen LogP contribution in [-0.2, 0) is 12.3 Å². The van der Waals surface area contributed by atoms with Crippen LogP contribution in [-0.4, -0.2) is 12.0 Å². The second-order valence-electron chi connectivity index (χ2n) is 4.25. The number of benzene rings is 1. The van der Waals surface area contributed by atoms with E-state index in [1.807, 2.05) is 19.3 Å². The Labute approximate surface area is 113 Å². The van der Waals surface area contributed by atoms with Crippen LogP contribution >= 0.6 is 11.8 Å². The fourth-order valence-electron chi connectivity index (χ4n) is 1.74. The van der Waals surface area contributed by atoms with E-state index in [4.69, 9.17) is 0 Å². The first-order chi connectivity index (χ1) is 8.79. The zero-order valence-electron chi connectivity index (χ0n) is 10.8. The van der Waals surface area contributed by atoms with Crippen LogP contribution in [0.25, 0.3) is 0 Å². The molecule has 1 aromatic heterocycles. The fraction of sp³-hybridized carbons (Fsp3) is 0.267. The standard InChI is InChI=1S/C15H18N2S/c1-12-8-15(17-10-14(12)9-16-2)18-11-13-6-4-3-5-7-13/h3-8,10,16H,9,11H2,1-2H3. The van der Waals surface area contributed by atoms with Crippen molar-refractivity contribution in [3.8, 4) is 0 Å². The zero-order valence-corrected chi connectivity index (χ0v) is 11.6. The number of nitrogens with zero attached hydrogens (tertiary/aromatic N) is 1. The number of aryl methyl sites for hydroxylation is 1. The molecule has 0 radical (unpaired) electrons. The van der Waals surface area contributed by atoms with Gasteiger partial charge in [-0.2, -0.15) is 0 Å². The lowest BCUT2D eigenvalue weighted by atomic mass is 10.2. The van der Waals surface area contributed by atoms with Crippen molar-refractivity contribution in [2.45, 2.75) is 24.2 Å². The summed E-state index contributed by atoms with van der Waals surface area (Å²) in [7, 11) is 1.96. The van der Waals surface area contributed by atoms with Crippen LogP contribution in [0.4, 0.5) is 0 Å². The number of aromatic nitrogens is 1. The highest BCUT2D eigenvalue weighted by Gasteiger charge is 2.02. The van der Waals surface area contributed by atoms with Crippen LogP contribution < -0.4 is 5.32 Å². The number of pyridine rings is 1. The van der Waals surface area contributed by atoms with Crippen molar-refractivity contribution in [2.75, 3.05) is 7.05 Å². The van der Waals surface area contributed by atoms with Crippen LogP contribution in [0.5, 0.6) is 0 Å². The minimum Gasteiger partial charge on any atom is -0.316 e. The molecule has 1 heterocycles. The lowest BCUT2D eigenvalue weighted by molar-refractivity contribution is 0.802. The van der Waals surface area contributed by atoms with E-state index in [9.17, 15) is 0 Å². The van der Waals surface area contributed by atoms with E-state index in [1.165, 1.54) is 16.7 Å². The van der Waals surface area contributed by atoms with E-state index < -0.39 is 0 Å². The molecule has 0 saturated carbocycles. The van der Waals surface area contributed by atoms with Gasteiger partial charge < -0.3 is 5.32 Å².